The molecule has 3 rings (SSSR count). The average Bonchev–Trinajstić information content (AvgIpc) is 2.98. The monoisotopic (exact) mass is 415 g/mol. The van der Waals surface area contributed by atoms with Crippen LogP contribution in [0.2, 0.25) is 0 Å². The van der Waals surface area contributed by atoms with Gasteiger partial charge in [0.1, 0.15) is 6.61 Å². The zero-order valence-electron chi connectivity index (χ0n) is 14.9. The highest BCUT2D eigenvalue weighted by molar-refractivity contribution is 9.10. The molecule has 0 spiro atoms. The van der Waals surface area contributed by atoms with Gasteiger partial charge in [-0.05, 0) is 48.6 Å². The Morgan fingerprint density at radius 1 is 1.27 bits per heavy atom. The molecular weight excluding hydrogens is 394 g/mol. The Morgan fingerprint density at radius 2 is 2.00 bits per heavy atom. The number of halogens is 1. The second-order valence-electron chi connectivity index (χ2n) is 6.59. The minimum Gasteiger partial charge on any atom is -0.447 e. The van der Waals surface area contributed by atoms with Gasteiger partial charge in [0.25, 0.3) is 0 Å². The third kappa shape index (κ3) is 3.83. The van der Waals surface area contributed by atoms with Crippen LogP contribution in [-0.4, -0.2) is 29.5 Å². The number of carbonyl (C=O) groups is 2. The number of rotatable bonds is 5. The highest BCUT2D eigenvalue weighted by Crippen LogP contribution is 2.30. The summed E-state index contributed by atoms with van der Waals surface area (Å²) in [6, 6.07) is 15.5. The molecule has 0 saturated carbocycles. The molecule has 5 heteroatoms. The number of carbonyl (C=O) groups excluding carboxylic acids is 2. The molecule has 0 aliphatic carbocycles. The predicted octanol–water partition coefficient (Wildman–Crippen LogP) is 4.84. The van der Waals surface area contributed by atoms with Crippen LogP contribution in [0.5, 0.6) is 0 Å². The van der Waals surface area contributed by atoms with E-state index in [0.29, 0.717) is 12.8 Å². The molecule has 0 bridgehead atoms. The normalized spacial score (nSPS) is 17.9. The molecule has 1 saturated heterocycles. The van der Waals surface area contributed by atoms with E-state index in [0.717, 1.165) is 21.2 Å². The third-order valence-corrected chi connectivity index (χ3v) is 5.32. The van der Waals surface area contributed by atoms with Crippen LogP contribution in [0.4, 0.5) is 4.79 Å². The van der Waals surface area contributed by atoms with Crippen LogP contribution < -0.4 is 0 Å². The van der Waals surface area contributed by atoms with E-state index in [1.165, 1.54) is 4.90 Å². The van der Waals surface area contributed by atoms with Gasteiger partial charge in [-0.1, -0.05) is 59.3 Å². The molecule has 4 nitrogen and oxygen atoms in total. The second kappa shape index (κ2) is 8.04. The van der Waals surface area contributed by atoms with E-state index < -0.39 is 6.09 Å². The number of amides is 2. The maximum atomic E-state index is 13.2. The summed E-state index contributed by atoms with van der Waals surface area (Å²) in [6.45, 7) is 4.20. The minimum absolute atomic E-state index is 0.179. The molecule has 1 fully saturated rings. The molecule has 26 heavy (non-hydrogen) atoms. The summed E-state index contributed by atoms with van der Waals surface area (Å²) in [5.74, 6) is -0.534. The van der Waals surface area contributed by atoms with Crippen LogP contribution in [-0.2, 0) is 16.0 Å². The summed E-state index contributed by atoms with van der Waals surface area (Å²) < 4.78 is 6.19. The van der Waals surface area contributed by atoms with Crippen LogP contribution in [0.3, 0.4) is 0 Å². The molecule has 1 aliphatic rings. The van der Waals surface area contributed by atoms with Gasteiger partial charge in [-0.2, -0.15) is 0 Å². The Morgan fingerprint density at radius 3 is 2.65 bits per heavy atom. The van der Waals surface area contributed by atoms with E-state index in [9.17, 15) is 9.59 Å². The Bertz CT molecular complexity index is 806. The minimum atomic E-state index is -0.538. The number of aryl methyl sites for hydroxylation is 1. The van der Waals surface area contributed by atoms with Crippen LogP contribution in [0, 0.1) is 6.92 Å². The van der Waals surface area contributed by atoms with Gasteiger partial charge < -0.3 is 4.74 Å². The molecule has 0 aromatic heterocycles. The van der Waals surface area contributed by atoms with Crippen molar-refractivity contribution in [3.05, 3.63) is 69.7 Å². The van der Waals surface area contributed by atoms with Gasteiger partial charge >= 0.3 is 6.09 Å². The summed E-state index contributed by atoms with van der Waals surface area (Å²) in [5.41, 5.74) is 3.08. The Hall–Kier alpha value is -2.14. The van der Waals surface area contributed by atoms with Crippen molar-refractivity contribution in [3.8, 4) is 0 Å². The van der Waals surface area contributed by atoms with E-state index >= 15 is 0 Å². The third-order valence-electron chi connectivity index (χ3n) is 4.83. The lowest BCUT2D eigenvalue weighted by Crippen LogP contribution is -2.43. The van der Waals surface area contributed by atoms with Gasteiger partial charge in [0, 0.05) is 4.47 Å². The van der Waals surface area contributed by atoms with Crippen molar-refractivity contribution in [2.75, 3.05) is 6.61 Å². The summed E-state index contributed by atoms with van der Waals surface area (Å²) in [6.07, 6.45) is 0.696. The predicted molar refractivity (Wildman–Crippen MR) is 104 cm³/mol. The maximum Gasteiger partial charge on any atom is 0.417 e. The Labute approximate surface area is 162 Å². The topological polar surface area (TPSA) is 46.6 Å². The van der Waals surface area contributed by atoms with Crippen molar-refractivity contribution in [2.24, 2.45) is 0 Å². The number of hydrogen-bond acceptors (Lipinski definition) is 3. The smallest absolute Gasteiger partial charge is 0.417 e. The van der Waals surface area contributed by atoms with Gasteiger partial charge in [-0.25, -0.2) is 9.69 Å². The molecule has 2 atom stereocenters. The summed E-state index contributed by atoms with van der Waals surface area (Å²) in [5, 5.41) is 0. The largest absolute Gasteiger partial charge is 0.447 e. The summed E-state index contributed by atoms with van der Waals surface area (Å²) >= 11 is 3.46. The Balaban J connectivity index is 1.86. The van der Waals surface area contributed by atoms with Crippen LogP contribution in [0.1, 0.15) is 36.0 Å². The fourth-order valence-corrected chi connectivity index (χ4v) is 3.97. The van der Waals surface area contributed by atoms with Gasteiger partial charge in [0.15, 0.2) is 0 Å². The fourth-order valence-electron chi connectivity index (χ4n) is 3.49. The molecule has 2 aromatic carbocycles. The molecule has 1 aliphatic heterocycles. The first-order valence-electron chi connectivity index (χ1n) is 8.81. The number of imide groups is 1. The molecular formula is C21H22BrNO3. The number of benzene rings is 2. The van der Waals surface area contributed by atoms with Crippen molar-refractivity contribution < 1.29 is 14.3 Å². The first kappa shape index (κ1) is 18.6. The van der Waals surface area contributed by atoms with Crippen molar-refractivity contribution in [1.29, 1.82) is 0 Å². The van der Waals surface area contributed by atoms with Crippen molar-refractivity contribution in [3.63, 3.8) is 0 Å². The van der Waals surface area contributed by atoms with Crippen LogP contribution in [0.25, 0.3) is 0 Å². The van der Waals surface area contributed by atoms with E-state index in [2.05, 4.69) is 15.9 Å². The van der Waals surface area contributed by atoms with E-state index in [1.54, 1.807) is 0 Å². The first-order chi connectivity index (χ1) is 12.5. The molecule has 2 aromatic rings. The van der Waals surface area contributed by atoms with E-state index in [-0.39, 0.29) is 24.5 Å². The highest BCUT2D eigenvalue weighted by Gasteiger charge is 2.40. The van der Waals surface area contributed by atoms with Crippen LogP contribution >= 0.6 is 15.9 Å². The average molecular weight is 416 g/mol. The molecule has 136 valence electrons. The van der Waals surface area contributed by atoms with Crippen molar-refractivity contribution in [2.45, 2.75) is 38.6 Å². The van der Waals surface area contributed by atoms with Gasteiger partial charge in [0.2, 0.25) is 5.91 Å². The molecule has 1 heterocycles. The lowest BCUT2D eigenvalue weighted by molar-refractivity contribution is -0.130. The fraction of sp³-hybridized carbons (Fsp3) is 0.333. The number of ether oxygens (including phenoxy) is 1. The summed E-state index contributed by atoms with van der Waals surface area (Å²) in [4.78, 5) is 26.8. The molecule has 0 radical (unpaired) electrons. The standard InChI is InChI=1S/C21H22BrNO3/c1-3-18(19-10-9-16(22)11-14(19)2)20(24)23-17(13-26-21(23)25)12-15-7-5-4-6-8-15/h4-11,17-18H,3,12-13H2,1-2H3/t17-,18-/m1/s1. The zero-order valence-corrected chi connectivity index (χ0v) is 16.5. The quantitative estimate of drug-likeness (QED) is 0.701. The van der Waals surface area contributed by atoms with E-state index in [4.69, 9.17) is 4.74 Å². The van der Waals surface area contributed by atoms with Crippen molar-refractivity contribution in [1.82, 2.24) is 4.90 Å². The number of cyclic esters (lactones) is 1. The molecule has 2 amide bonds. The van der Waals surface area contributed by atoms with Crippen molar-refractivity contribution >= 4 is 27.9 Å². The van der Waals surface area contributed by atoms with Gasteiger partial charge in [-0.15, -0.1) is 0 Å². The lowest BCUT2D eigenvalue weighted by Gasteiger charge is -2.25. The highest BCUT2D eigenvalue weighted by atomic mass is 79.9. The maximum absolute atomic E-state index is 13.2. The Kier molecular flexibility index (Phi) is 5.77. The molecule has 0 unspecified atom stereocenters. The lowest BCUT2D eigenvalue weighted by atomic mass is 9.91. The first-order valence-corrected chi connectivity index (χ1v) is 9.60. The van der Waals surface area contributed by atoms with Gasteiger partial charge in [-0.3, -0.25) is 4.79 Å². The van der Waals surface area contributed by atoms with E-state index in [1.807, 2.05) is 62.4 Å². The second-order valence-corrected chi connectivity index (χ2v) is 7.51. The molecule has 0 N–H and O–H groups in total. The number of hydrogen-bond donors (Lipinski definition) is 0. The van der Waals surface area contributed by atoms with Gasteiger partial charge in [0.05, 0.1) is 12.0 Å². The number of nitrogens with zero attached hydrogens (tertiary/aromatic N) is 1. The summed E-state index contributed by atoms with van der Waals surface area (Å²) in [7, 11) is 0. The zero-order chi connectivity index (χ0) is 18.7. The van der Waals surface area contributed by atoms with Crippen LogP contribution in [0.15, 0.2) is 53.0 Å². The SMILES string of the molecule is CC[C@@H](C(=O)N1C(=O)OC[C@H]1Cc1ccccc1)c1ccc(Br)cc1C.